The van der Waals surface area contributed by atoms with Gasteiger partial charge in [0.05, 0.1) is 17.0 Å². The molecule has 0 aliphatic carbocycles. The van der Waals surface area contributed by atoms with Crippen molar-refractivity contribution in [3.8, 4) is 0 Å². The molecule has 0 heterocycles. The van der Waals surface area contributed by atoms with Crippen LogP contribution in [0.4, 0.5) is 10.1 Å². The monoisotopic (exact) mass is 463 g/mol. The van der Waals surface area contributed by atoms with Crippen molar-refractivity contribution in [2.24, 2.45) is 5.41 Å². The molecule has 2 atom stereocenters. The van der Waals surface area contributed by atoms with Crippen LogP contribution < -0.4 is 15.4 Å². The first-order chi connectivity index (χ1) is 14.8. The predicted molar refractivity (Wildman–Crippen MR) is 122 cm³/mol. The Bertz CT molecular complexity index is 1050. The number of carbonyl (C=O) groups excluding carboxylic acids is 2. The number of anilines is 1. The number of carbonyl (C=O) groups is 2. The van der Waals surface area contributed by atoms with Crippen LogP contribution in [-0.4, -0.2) is 26.3 Å². The average Bonchev–Trinajstić information content (AvgIpc) is 2.66. The molecule has 0 aromatic heterocycles. The number of sulfonamides is 1. The van der Waals surface area contributed by atoms with Crippen LogP contribution in [0.15, 0.2) is 53.4 Å². The first kappa shape index (κ1) is 25.5. The lowest BCUT2D eigenvalue weighted by Gasteiger charge is -2.28. The third-order valence-electron chi connectivity index (χ3n) is 4.62. The van der Waals surface area contributed by atoms with Crippen LogP contribution in [0, 0.1) is 11.2 Å². The zero-order valence-corrected chi connectivity index (χ0v) is 19.7. The van der Waals surface area contributed by atoms with Crippen LogP contribution in [0.1, 0.15) is 52.6 Å². The van der Waals surface area contributed by atoms with E-state index in [0.717, 1.165) is 5.56 Å². The molecule has 0 spiro atoms. The SMILES string of the molecule is CC(=O)Nc1ccc(S(=O)(=O)N[C@@H](C)C(=O)NC(CC(C)(C)C)c2ccc(F)cc2)cc1. The molecule has 2 aromatic rings. The molecule has 0 radical (unpaired) electrons. The third-order valence-corrected chi connectivity index (χ3v) is 6.17. The maximum Gasteiger partial charge on any atom is 0.241 e. The van der Waals surface area contributed by atoms with E-state index in [1.807, 2.05) is 20.8 Å². The van der Waals surface area contributed by atoms with Gasteiger partial charge in [0.2, 0.25) is 21.8 Å². The van der Waals surface area contributed by atoms with Gasteiger partial charge in [-0.2, -0.15) is 4.72 Å². The number of hydrogen-bond acceptors (Lipinski definition) is 4. The summed E-state index contributed by atoms with van der Waals surface area (Å²) in [7, 11) is -3.96. The highest BCUT2D eigenvalue weighted by molar-refractivity contribution is 7.89. The fourth-order valence-corrected chi connectivity index (χ4v) is 4.33. The van der Waals surface area contributed by atoms with Crippen molar-refractivity contribution in [2.45, 2.75) is 58.0 Å². The summed E-state index contributed by atoms with van der Waals surface area (Å²) in [6.07, 6.45) is 0.578. The quantitative estimate of drug-likeness (QED) is 0.555. The summed E-state index contributed by atoms with van der Waals surface area (Å²) in [5, 5.41) is 5.44. The lowest BCUT2D eigenvalue weighted by molar-refractivity contribution is -0.123. The molecular formula is C23H30FN3O4S. The molecular weight excluding hydrogens is 433 g/mol. The molecule has 0 aliphatic heterocycles. The summed E-state index contributed by atoms with van der Waals surface area (Å²) in [5.41, 5.74) is 1.06. The van der Waals surface area contributed by atoms with Gasteiger partial charge in [0.1, 0.15) is 5.82 Å². The summed E-state index contributed by atoms with van der Waals surface area (Å²) in [5.74, 6) is -1.14. The van der Waals surface area contributed by atoms with E-state index in [2.05, 4.69) is 15.4 Å². The summed E-state index contributed by atoms with van der Waals surface area (Å²) < 4.78 is 41.1. The zero-order valence-electron chi connectivity index (χ0n) is 18.9. The molecule has 174 valence electrons. The Morgan fingerprint density at radius 3 is 2.06 bits per heavy atom. The van der Waals surface area contributed by atoms with E-state index >= 15 is 0 Å². The van der Waals surface area contributed by atoms with Crippen molar-refractivity contribution < 1.29 is 22.4 Å². The smallest absolute Gasteiger partial charge is 0.241 e. The topological polar surface area (TPSA) is 104 Å². The van der Waals surface area contributed by atoms with E-state index in [9.17, 15) is 22.4 Å². The second-order valence-corrected chi connectivity index (χ2v) is 10.6. The van der Waals surface area contributed by atoms with Crippen molar-refractivity contribution in [2.75, 3.05) is 5.32 Å². The lowest BCUT2D eigenvalue weighted by Crippen LogP contribution is -2.46. The van der Waals surface area contributed by atoms with Gasteiger partial charge in [-0.3, -0.25) is 9.59 Å². The Balaban J connectivity index is 2.13. The maximum atomic E-state index is 13.3. The summed E-state index contributed by atoms with van der Waals surface area (Å²) >= 11 is 0. The normalized spacial score (nSPS) is 13.8. The van der Waals surface area contributed by atoms with Gasteiger partial charge in [-0.15, -0.1) is 0 Å². The van der Waals surface area contributed by atoms with Gasteiger partial charge in [-0.1, -0.05) is 32.9 Å². The molecule has 32 heavy (non-hydrogen) atoms. The highest BCUT2D eigenvalue weighted by Crippen LogP contribution is 2.29. The van der Waals surface area contributed by atoms with Crippen LogP contribution in [-0.2, 0) is 19.6 Å². The largest absolute Gasteiger partial charge is 0.348 e. The minimum absolute atomic E-state index is 0.0315. The first-order valence-electron chi connectivity index (χ1n) is 10.2. The minimum atomic E-state index is -3.96. The van der Waals surface area contributed by atoms with Crippen molar-refractivity contribution in [1.29, 1.82) is 0 Å². The predicted octanol–water partition coefficient (Wildman–Crippen LogP) is 3.74. The Morgan fingerprint density at radius 2 is 1.56 bits per heavy atom. The Hall–Kier alpha value is -2.78. The van der Waals surface area contributed by atoms with E-state index in [0.29, 0.717) is 12.1 Å². The summed E-state index contributed by atoms with van der Waals surface area (Å²) in [4.78, 5) is 23.9. The standard InChI is InChI=1S/C23H30FN3O4S/c1-15(27-32(30,31)20-12-10-19(11-13-20)25-16(2)28)22(29)26-21(14-23(3,4)5)17-6-8-18(24)9-7-17/h6-13,15,21,27H,14H2,1-5H3,(H,25,28)(H,26,29)/t15-,21?/m0/s1. The third kappa shape index (κ3) is 7.72. The maximum absolute atomic E-state index is 13.3. The van der Waals surface area contributed by atoms with Crippen LogP contribution in [0.25, 0.3) is 0 Å². The Labute approximate surface area is 188 Å². The molecule has 0 bridgehead atoms. The molecule has 0 saturated heterocycles. The lowest BCUT2D eigenvalue weighted by atomic mass is 9.85. The number of halogens is 1. The molecule has 0 aliphatic rings. The van der Waals surface area contributed by atoms with Crippen LogP contribution in [0.5, 0.6) is 0 Å². The Morgan fingerprint density at radius 1 is 1.00 bits per heavy atom. The fourth-order valence-electron chi connectivity index (χ4n) is 3.13. The Kier molecular flexibility index (Phi) is 8.14. The second-order valence-electron chi connectivity index (χ2n) is 8.93. The van der Waals surface area contributed by atoms with Crippen molar-refractivity contribution in [3.05, 3.63) is 59.9 Å². The van der Waals surface area contributed by atoms with Crippen molar-refractivity contribution in [1.82, 2.24) is 10.0 Å². The van der Waals surface area contributed by atoms with Crippen molar-refractivity contribution in [3.63, 3.8) is 0 Å². The molecule has 0 fully saturated rings. The fraction of sp³-hybridized carbons (Fsp3) is 0.391. The minimum Gasteiger partial charge on any atom is -0.348 e. The molecule has 2 rings (SSSR count). The van der Waals surface area contributed by atoms with Gasteiger partial charge in [-0.05, 0) is 60.7 Å². The summed E-state index contributed by atoms with van der Waals surface area (Å²) in [6.45, 7) is 8.87. The molecule has 9 heteroatoms. The van der Waals surface area contributed by atoms with Gasteiger partial charge in [-0.25, -0.2) is 12.8 Å². The molecule has 0 saturated carbocycles. The van der Waals surface area contributed by atoms with Crippen LogP contribution in [0.3, 0.4) is 0 Å². The van der Waals surface area contributed by atoms with Gasteiger partial charge in [0, 0.05) is 12.6 Å². The van der Waals surface area contributed by atoms with Crippen molar-refractivity contribution >= 4 is 27.5 Å². The van der Waals surface area contributed by atoms with E-state index in [-0.39, 0.29) is 22.0 Å². The molecule has 7 nitrogen and oxygen atoms in total. The molecule has 1 unspecified atom stereocenters. The first-order valence-corrected chi connectivity index (χ1v) is 11.7. The summed E-state index contributed by atoms with van der Waals surface area (Å²) in [6, 6.07) is 10.0. The molecule has 2 amide bonds. The average molecular weight is 464 g/mol. The number of nitrogens with one attached hydrogen (secondary N) is 3. The van der Waals surface area contributed by atoms with Gasteiger partial charge in [0.25, 0.3) is 0 Å². The molecule has 2 aromatic carbocycles. The zero-order chi connectivity index (χ0) is 24.1. The number of hydrogen-bond donors (Lipinski definition) is 3. The van der Waals surface area contributed by atoms with Crippen LogP contribution in [0.2, 0.25) is 0 Å². The van der Waals surface area contributed by atoms with Crippen LogP contribution >= 0.6 is 0 Å². The molecule has 3 N–H and O–H groups in total. The van der Waals surface area contributed by atoms with E-state index in [1.165, 1.54) is 50.2 Å². The highest BCUT2D eigenvalue weighted by atomic mass is 32.2. The van der Waals surface area contributed by atoms with Gasteiger partial charge in [0.15, 0.2) is 0 Å². The van der Waals surface area contributed by atoms with E-state index < -0.39 is 28.0 Å². The van der Waals surface area contributed by atoms with E-state index in [1.54, 1.807) is 12.1 Å². The number of rotatable bonds is 8. The second kappa shape index (κ2) is 10.2. The highest BCUT2D eigenvalue weighted by Gasteiger charge is 2.27. The van der Waals surface area contributed by atoms with E-state index in [4.69, 9.17) is 0 Å². The van der Waals surface area contributed by atoms with Gasteiger partial charge >= 0.3 is 0 Å². The number of amides is 2. The number of benzene rings is 2. The van der Waals surface area contributed by atoms with Gasteiger partial charge < -0.3 is 10.6 Å².